The third-order valence-corrected chi connectivity index (χ3v) is 5.84. The van der Waals surface area contributed by atoms with Gasteiger partial charge in [-0.25, -0.2) is 4.99 Å². The van der Waals surface area contributed by atoms with E-state index in [1.54, 1.807) is 7.11 Å². The fourth-order valence-electron chi connectivity index (χ4n) is 3.93. The van der Waals surface area contributed by atoms with E-state index in [4.69, 9.17) is 14.5 Å². The molecular weight excluding hydrogens is 404 g/mol. The molecule has 1 fully saturated rings. The molecule has 32 heavy (non-hydrogen) atoms. The summed E-state index contributed by atoms with van der Waals surface area (Å²) in [5.74, 6) is 0.817. The van der Waals surface area contributed by atoms with Crippen molar-refractivity contribution in [3.8, 4) is 0 Å². The number of guanidine groups is 1. The lowest BCUT2D eigenvalue weighted by atomic mass is 10.1. The van der Waals surface area contributed by atoms with E-state index < -0.39 is 0 Å². The van der Waals surface area contributed by atoms with Gasteiger partial charge in [0.25, 0.3) is 0 Å². The van der Waals surface area contributed by atoms with Crippen LogP contribution in [0.15, 0.2) is 29.3 Å². The van der Waals surface area contributed by atoms with E-state index in [2.05, 4.69) is 65.7 Å². The van der Waals surface area contributed by atoms with Crippen LogP contribution in [0, 0.1) is 13.8 Å². The maximum atomic E-state index is 5.48. The van der Waals surface area contributed by atoms with Crippen molar-refractivity contribution >= 4 is 5.96 Å². The maximum Gasteiger partial charge on any atom is 0.191 e. The van der Waals surface area contributed by atoms with Crippen LogP contribution in [0.25, 0.3) is 0 Å². The second-order valence-corrected chi connectivity index (χ2v) is 8.07. The van der Waals surface area contributed by atoms with E-state index in [9.17, 15) is 0 Å². The van der Waals surface area contributed by atoms with Gasteiger partial charge in [-0.1, -0.05) is 24.3 Å². The normalized spacial score (nSPS) is 15.2. The molecule has 1 saturated heterocycles. The Labute approximate surface area is 192 Å². The molecule has 1 aliphatic rings. The summed E-state index contributed by atoms with van der Waals surface area (Å²) < 4.78 is 12.7. The van der Waals surface area contributed by atoms with Crippen LogP contribution in [0.1, 0.15) is 35.0 Å². The second-order valence-electron chi connectivity index (χ2n) is 8.07. The predicted molar refractivity (Wildman–Crippen MR) is 128 cm³/mol. The molecule has 2 aromatic rings. The standard InChI is InChI=1S/C24H38N6O2/c1-5-25-24(27-17-23-19(2)28-30(20(23)3)12-13-31-4)26-16-21-8-6-7-9-22(21)18-29-10-14-32-15-11-29/h6-9H,5,10-18H2,1-4H3,(H2,25,26,27). The summed E-state index contributed by atoms with van der Waals surface area (Å²) in [7, 11) is 1.71. The molecule has 1 aromatic carbocycles. The Kier molecular flexibility index (Phi) is 9.52. The highest BCUT2D eigenvalue weighted by atomic mass is 16.5. The van der Waals surface area contributed by atoms with Gasteiger partial charge in [-0.05, 0) is 31.9 Å². The quantitative estimate of drug-likeness (QED) is 0.434. The molecule has 2 heterocycles. The van der Waals surface area contributed by atoms with E-state index in [-0.39, 0.29) is 0 Å². The van der Waals surface area contributed by atoms with Crippen molar-refractivity contribution < 1.29 is 9.47 Å². The Morgan fingerprint density at radius 3 is 2.62 bits per heavy atom. The van der Waals surface area contributed by atoms with Crippen molar-refractivity contribution in [2.24, 2.45) is 4.99 Å². The van der Waals surface area contributed by atoms with Gasteiger partial charge < -0.3 is 20.1 Å². The Morgan fingerprint density at radius 2 is 1.91 bits per heavy atom. The minimum absolute atomic E-state index is 0.640. The summed E-state index contributed by atoms with van der Waals surface area (Å²) >= 11 is 0. The fraction of sp³-hybridized carbons (Fsp3) is 0.583. The zero-order valence-electron chi connectivity index (χ0n) is 20.0. The largest absolute Gasteiger partial charge is 0.383 e. The number of aliphatic imine (C=N–C) groups is 1. The Balaban J connectivity index is 1.65. The number of hydrogen-bond donors (Lipinski definition) is 2. The topological polar surface area (TPSA) is 75.9 Å². The van der Waals surface area contributed by atoms with Crippen LogP contribution in [0.4, 0.5) is 0 Å². The van der Waals surface area contributed by atoms with E-state index in [1.807, 2.05) is 4.68 Å². The number of nitrogens with zero attached hydrogens (tertiary/aromatic N) is 4. The van der Waals surface area contributed by atoms with Gasteiger partial charge in [0.2, 0.25) is 0 Å². The first-order valence-corrected chi connectivity index (χ1v) is 11.5. The van der Waals surface area contributed by atoms with Gasteiger partial charge in [0.05, 0.1) is 38.6 Å². The Hall–Kier alpha value is -2.42. The maximum absolute atomic E-state index is 5.48. The Morgan fingerprint density at radius 1 is 1.16 bits per heavy atom. The van der Waals surface area contributed by atoms with E-state index in [0.29, 0.717) is 19.7 Å². The van der Waals surface area contributed by atoms with Gasteiger partial charge in [-0.2, -0.15) is 5.10 Å². The summed E-state index contributed by atoms with van der Waals surface area (Å²) in [5, 5.41) is 11.5. The number of morpholine rings is 1. The monoisotopic (exact) mass is 442 g/mol. The van der Waals surface area contributed by atoms with E-state index in [0.717, 1.165) is 57.6 Å². The second kappa shape index (κ2) is 12.6. The number of nitrogens with one attached hydrogen (secondary N) is 2. The molecular formula is C24H38N6O2. The average molecular weight is 443 g/mol. The molecule has 3 rings (SSSR count). The highest BCUT2D eigenvalue weighted by Gasteiger charge is 2.14. The molecule has 0 saturated carbocycles. The Bertz CT molecular complexity index is 873. The zero-order valence-corrected chi connectivity index (χ0v) is 20.0. The van der Waals surface area contributed by atoms with Crippen molar-refractivity contribution in [2.75, 3.05) is 46.6 Å². The van der Waals surface area contributed by atoms with E-state index >= 15 is 0 Å². The average Bonchev–Trinajstić information content (AvgIpc) is 3.08. The molecule has 0 aliphatic carbocycles. The van der Waals surface area contributed by atoms with Crippen LogP contribution >= 0.6 is 0 Å². The van der Waals surface area contributed by atoms with Crippen LogP contribution in [-0.4, -0.2) is 67.2 Å². The zero-order chi connectivity index (χ0) is 22.8. The molecule has 0 unspecified atom stereocenters. The fourth-order valence-corrected chi connectivity index (χ4v) is 3.93. The summed E-state index contributed by atoms with van der Waals surface area (Å²) in [6, 6.07) is 8.59. The van der Waals surface area contributed by atoms with Gasteiger partial charge in [0, 0.05) is 51.1 Å². The molecule has 8 heteroatoms. The van der Waals surface area contributed by atoms with Gasteiger partial charge in [0.15, 0.2) is 5.96 Å². The SMILES string of the molecule is CCNC(=NCc1ccccc1CN1CCOCC1)NCc1c(C)nn(CCOC)c1C. The molecule has 2 N–H and O–H groups in total. The number of hydrogen-bond acceptors (Lipinski definition) is 5. The lowest BCUT2D eigenvalue weighted by Crippen LogP contribution is -2.37. The summed E-state index contributed by atoms with van der Waals surface area (Å²) in [6.45, 7) is 14.3. The summed E-state index contributed by atoms with van der Waals surface area (Å²) in [6.07, 6.45) is 0. The molecule has 0 radical (unpaired) electrons. The third-order valence-electron chi connectivity index (χ3n) is 5.84. The number of aryl methyl sites for hydroxylation is 1. The van der Waals surface area contributed by atoms with Crippen LogP contribution in [0.3, 0.4) is 0 Å². The van der Waals surface area contributed by atoms with Crippen molar-refractivity contribution in [1.29, 1.82) is 0 Å². The first kappa shape index (κ1) is 24.2. The van der Waals surface area contributed by atoms with E-state index in [1.165, 1.54) is 22.4 Å². The molecule has 0 amide bonds. The predicted octanol–water partition coefficient (Wildman–Crippen LogP) is 2.23. The third kappa shape index (κ3) is 6.79. The number of ether oxygens (including phenoxy) is 2. The van der Waals surface area contributed by atoms with Crippen molar-refractivity contribution in [3.05, 3.63) is 52.3 Å². The van der Waals surface area contributed by atoms with Crippen LogP contribution in [0.5, 0.6) is 0 Å². The minimum atomic E-state index is 0.640. The highest BCUT2D eigenvalue weighted by Crippen LogP contribution is 2.15. The molecule has 0 bridgehead atoms. The van der Waals surface area contributed by atoms with Crippen molar-refractivity contribution in [3.63, 3.8) is 0 Å². The summed E-state index contributed by atoms with van der Waals surface area (Å²) in [5.41, 5.74) is 6.01. The number of aromatic nitrogens is 2. The van der Waals surface area contributed by atoms with Gasteiger partial charge >= 0.3 is 0 Å². The molecule has 1 aliphatic heterocycles. The molecule has 0 spiro atoms. The smallest absolute Gasteiger partial charge is 0.191 e. The van der Waals surface area contributed by atoms with Crippen molar-refractivity contribution in [2.45, 2.75) is 47.0 Å². The van der Waals surface area contributed by atoms with Gasteiger partial charge in [0.1, 0.15) is 0 Å². The molecule has 1 aromatic heterocycles. The number of methoxy groups -OCH3 is 1. The molecule has 0 atom stereocenters. The molecule has 8 nitrogen and oxygen atoms in total. The first-order chi connectivity index (χ1) is 15.6. The number of rotatable bonds is 10. The minimum Gasteiger partial charge on any atom is -0.383 e. The number of benzene rings is 1. The van der Waals surface area contributed by atoms with Gasteiger partial charge in [-0.3, -0.25) is 9.58 Å². The lowest BCUT2D eigenvalue weighted by Gasteiger charge is -2.27. The van der Waals surface area contributed by atoms with Gasteiger partial charge in [-0.15, -0.1) is 0 Å². The molecule has 176 valence electrons. The van der Waals surface area contributed by atoms with Crippen molar-refractivity contribution in [1.82, 2.24) is 25.3 Å². The summed E-state index contributed by atoms with van der Waals surface area (Å²) in [4.78, 5) is 7.32. The van der Waals surface area contributed by atoms with Crippen LogP contribution < -0.4 is 10.6 Å². The first-order valence-electron chi connectivity index (χ1n) is 11.5. The van der Waals surface area contributed by atoms with Crippen LogP contribution in [0.2, 0.25) is 0 Å². The van der Waals surface area contributed by atoms with Crippen LogP contribution in [-0.2, 0) is 35.7 Å². The highest BCUT2D eigenvalue weighted by molar-refractivity contribution is 5.79. The lowest BCUT2D eigenvalue weighted by molar-refractivity contribution is 0.0341.